The second kappa shape index (κ2) is 12.7. The lowest BCUT2D eigenvalue weighted by Crippen LogP contribution is -2.35. The molecule has 0 radical (unpaired) electrons. The highest BCUT2D eigenvalue weighted by Crippen LogP contribution is 2.25. The summed E-state index contributed by atoms with van der Waals surface area (Å²) in [5.74, 6) is 0.118. The summed E-state index contributed by atoms with van der Waals surface area (Å²) in [6.45, 7) is 6.22. The molecule has 5 nitrogen and oxygen atoms in total. The third-order valence-corrected chi connectivity index (χ3v) is 4.86. The Morgan fingerprint density at radius 1 is 1.07 bits per heavy atom. The lowest BCUT2D eigenvalue weighted by Gasteiger charge is -2.26. The molecule has 27 heavy (non-hydrogen) atoms. The average Bonchev–Trinajstić information content (AvgIpc) is 2.62. The third-order valence-electron chi connectivity index (χ3n) is 4.51. The van der Waals surface area contributed by atoms with Crippen LogP contribution in [0.1, 0.15) is 57.6 Å². The second-order valence-corrected chi connectivity index (χ2v) is 7.45. The van der Waals surface area contributed by atoms with Gasteiger partial charge in [0.05, 0.1) is 6.04 Å². The summed E-state index contributed by atoms with van der Waals surface area (Å²) < 4.78 is 0. The molecule has 6 heteroatoms. The predicted octanol–water partition coefficient (Wildman–Crippen LogP) is 3.88. The fourth-order valence-electron chi connectivity index (χ4n) is 3.07. The highest BCUT2D eigenvalue weighted by molar-refractivity contribution is 6.31. The van der Waals surface area contributed by atoms with E-state index in [1.165, 1.54) is 0 Å². The Morgan fingerprint density at radius 3 is 2.26 bits per heavy atom. The van der Waals surface area contributed by atoms with Gasteiger partial charge < -0.3 is 15.1 Å². The van der Waals surface area contributed by atoms with E-state index in [2.05, 4.69) is 19.2 Å². The summed E-state index contributed by atoms with van der Waals surface area (Å²) in [5.41, 5.74) is 0.995. The zero-order valence-corrected chi connectivity index (χ0v) is 17.9. The summed E-state index contributed by atoms with van der Waals surface area (Å²) in [7, 11) is 3.93. The SMILES string of the molecule is CCCN(CCC)C(=O)CCCC(=O)NCC(c1ccccc1Cl)N(C)C. The van der Waals surface area contributed by atoms with E-state index in [0.29, 0.717) is 30.8 Å². The van der Waals surface area contributed by atoms with Gasteiger partial charge in [-0.25, -0.2) is 0 Å². The van der Waals surface area contributed by atoms with Crippen LogP contribution in [-0.2, 0) is 9.59 Å². The van der Waals surface area contributed by atoms with Gasteiger partial charge in [-0.15, -0.1) is 0 Å². The quantitative estimate of drug-likeness (QED) is 0.584. The van der Waals surface area contributed by atoms with Crippen molar-refractivity contribution in [1.29, 1.82) is 0 Å². The number of benzene rings is 1. The molecular weight excluding hydrogens is 362 g/mol. The second-order valence-electron chi connectivity index (χ2n) is 7.04. The van der Waals surface area contributed by atoms with Gasteiger partial charge in [-0.1, -0.05) is 43.6 Å². The van der Waals surface area contributed by atoms with Gasteiger partial charge in [0, 0.05) is 37.5 Å². The topological polar surface area (TPSA) is 52.7 Å². The minimum Gasteiger partial charge on any atom is -0.354 e. The highest BCUT2D eigenvalue weighted by Gasteiger charge is 2.18. The Labute approximate surface area is 169 Å². The summed E-state index contributed by atoms with van der Waals surface area (Å²) in [4.78, 5) is 28.4. The van der Waals surface area contributed by atoms with Crippen molar-refractivity contribution < 1.29 is 9.59 Å². The van der Waals surface area contributed by atoms with Crippen molar-refractivity contribution in [3.8, 4) is 0 Å². The van der Waals surface area contributed by atoms with Crippen molar-refractivity contribution in [2.75, 3.05) is 33.7 Å². The number of amides is 2. The molecule has 0 aliphatic rings. The maximum atomic E-state index is 12.3. The van der Waals surface area contributed by atoms with Crippen molar-refractivity contribution in [2.45, 2.75) is 52.0 Å². The van der Waals surface area contributed by atoms with Crippen molar-refractivity contribution in [2.24, 2.45) is 0 Å². The minimum absolute atomic E-state index is 0.00822. The lowest BCUT2D eigenvalue weighted by atomic mass is 10.1. The number of carbonyl (C=O) groups excluding carboxylic acids is 2. The van der Waals surface area contributed by atoms with E-state index in [4.69, 9.17) is 11.6 Å². The van der Waals surface area contributed by atoms with Gasteiger partial charge >= 0.3 is 0 Å². The number of hydrogen-bond acceptors (Lipinski definition) is 3. The van der Waals surface area contributed by atoms with Crippen LogP contribution >= 0.6 is 11.6 Å². The molecule has 0 aromatic heterocycles. The Morgan fingerprint density at radius 2 is 1.70 bits per heavy atom. The molecule has 0 heterocycles. The number of likely N-dealkylation sites (N-methyl/N-ethyl adjacent to an activating group) is 1. The van der Waals surface area contributed by atoms with E-state index in [-0.39, 0.29) is 17.9 Å². The van der Waals surface area contributed by atoms with E-state index in [0.717, 1.165) is 31.5 Å². The molecule has 1 unspecified atom stereocenters. The molecule has 1 aromatic rings. The largest absolute Gasteiger partial charge is 0.354 e. The fourth-order valence-corrected chi connectivity index (χ4v) is 3.34. The highest BCUT2D eigenvalue weighted by atomic mass is 35.5. The maximum Gasteiger partial charge on any atom is 0.222 e. The van der Waals surface area contributed by atoms with Crippen molar-refractivity contribution in [3.63, 3.8) is 0 Å². The summed E-state index contributed by atoms with van der Waals surface area (Å²) >= 11 is 6.30. The van der Waals surface area contributed by atoms with E-state index in [1.807, 2.05) is 48.2 Å². The molecule has 0 bridgehead atoms. The Kier molecular flexibility index (Phi) is 11.1. The van der Waals surface area contributed by atoms with Crippen LogP contribution in [0.4, 0.5) is 0 Å². The number of hydrogen-bond donors (Lipinski definition) is 1. The summed E-state index contributed by atoms with van der Waals surface area (Å²) in [6.07, 6.45) is 3.28. The normalized spacial score (nSPS) is 12.1. The fraction of sp³-hybridized carbons (Fsp3) is 0.619. The number of nitrogens with one attached hydrogen (secondary N) is 1. The monoisotopic (exact) mass is 395 g/mol. The van der Waals surface area contributed by atoms with E-state index < -0.39 is 0 Å². The van der Waals surface area contributed by atoms with Crippen molar-refractivity contribution in [3.05, 3.63) is 34.9 Å². The van der Waals surface area contributed by atoms with Gasteiger partial charge in [-0.3, -0.25) is 9.59 Å². The third kappa shape index (κ3) is 8.31. The molecule has 1 N–H and O–H groups in total. The first kappa shape index (κ1) is 23.4. The van der Waals surface area contributed by atoms with Crippen molar-refractivity contribution >= 4 is 23.4 Å². The smallest absolute Gasteiger partial charge is 0.222 e. The zero-order valence-electron chi connectivity index (χ0n) is 17.1. The van der Waals surface area contributed by atoms with Gasteiger partial charge in [-0.2, -0.15) is 0 Å². The predicted molar refractivity (Wildman–Crippen MR) is 112 cm³/mol. The number of nitrogens with zero attached hydrogens (tertiary/aromatic N) is 2. The minimum atomic E-state index is -0.0285. The first-order valence-electron chi connectivity index (χ1n) is 9.86. The van der Waals surface area contributed by atoms with Gasteiger partial charge in [0.2, 0.25) is 11.8 Å². The molecule has 0 saturated heterocycles. The van der Waals surface area contributed by atoms with Crippen LogP contribution in [0.2, 0.25) is 5.02 Å². The number of halogens is 1. The molecule has 2 amide bonds. The standard InChI is InChI=1S/C21H34ClN3O2/c1-5-14-25(15-6-2)21(27)13-9-12-20(26)23-16-19(24(3)4)17-10-7-8-11-18(17)22/h7-8,10-11,19H,5-6,9,12-16H2,1-4H3,(H,23,26). The van der Waals surface area contributed by atoms with Gasteiger partial charge in [-0.05, 0) is 45.0 Å². The number of carbonyl (C=O) groups is 2. The van der Waals surface area contributed by atoms with E-state index >= 15 is 0 Å². The molecule has 1 atom stereocenters. The molecule has 1 aromatic carbocycles. The molecule has 0 fully saturated rings. The van der Waals surface area contributed by atoms with Crippen LogP contribution in [0.25, 0.3) is 0 Å². The van der Waals surface area contributed by atoms with Crippen LogP contribution in [-0.4, -0.2) is 55.3 Å². The molecule has 0 aliphatic heterocycles. The molecule has 152 valence electrons. The average molecular weight is 396 g/mol. The first-order valence-corrected chi connectivity index (χ1v) is 10.2. The van der Waals surface area contributed by atoms with Gasteiger partial charge in [0.25, 0.3) is 0 Å². The van der Waals surface area contributed by atoms with E-state index in [9.17, 15) is 9.59 Å². The van der Waals surface area contributed by atoms with Crippen LogP contribution < -0.4 is 5.32 Å². The van der Waals surface area contributed by atoms with E-state index in [1.54, 1.807) is 0 Å². The number of rotatable bonds is 12. The Bertz CT molecular complexity index is 587. The van der Waals surface area contributed by atoms with Crippen LogP contribution in [0.3, 0.4) is 0 Å². The maximum absolute atomic E-state index is 12.3. The van der Waals surface area contributed by atoms with Crippen molar-refractivity contribution in [1.82, 2.24) is 15.1 Å². The molecule has 0 spiro atoms. The summed E-state index contributed by atoms with van der Waals surface area (Å²) in [5, 5.41) is 3.68. The molecule has 1 rings (SSSR count). The lowest BCUT2D eigenvalue weighted by molar-refractivity contribution is -0.131. The van der Waals surface area contributed by atoms with Crippen LogP contribution in [0.15, 0.2) is 24.3 Å². The summed E-state index contributed by atoms with van der Waals surface area (Å²) in [6, 6.07) is 7.69. The van der Waals surface area contributed by atoms with Crippen LogP contribution in [0.5, 0.6) is 0 Å². The Balaban J connectivity index is 2.45. The molecule has 0 aliphatic carbocycles. The molecule has 0 saturated carbocycles. The molecular formula is C21H34ClN3O2. The Hall–Kier alpha value is -1.59. The first-order chi connectivity index (χ1) is 12.9. The van der Waals surface area contributed by atoms with Gasteiger partial charge in [0.1, 0.15) is 0 Å². The van der Waals surface area contributed by atoms with Crippen LogP contribution in [0, 0.1) is 0 Å². The van der Waals surface area contributed by atoms with Gasteiger partial charge in [0.15, 0.2) is 0 Å². The zero-order chi connectivity index (χ0) is 20.2.